The normalized spacial score (nSPS) is 16.8. The highest BCUT2D eigenvalue weighted by molar-refractivity contribution is 7.13. The predicted molar refractivity (Wildman–Crippen MR) is 115 cm³/mol. The summed E-state index contributed by atoms with van der Waals surface area (Å²) in [6.07, 6.45) is 1.87. The lowest BCUT2D eigenvalue weighted by atomic mass is 9.96. The molecule has 1 amide bonds. The molecule has 1 saturated heterocycles. The summed E-state index contributed by atoms with van der Waals surface area (Å²) >= 11 is 1.66. The molecular formula is C22H24N4OS. The summed E-state index contributed by atoms with van der Waals surface area (Å²) in [5.41, 5.74) is 4.02. The van der Waals surface area contributed by atoms with Crippen molar-refractivity contribution in [3.05, 3.63) is 59.0 Å². The lowest BCUT2D eigenvalue weighted by molar-refractivity contribution is -0.120. The van der Waals surface area contributed by atoms with E-state index >= 15 is 0 Å². The number of aryl methyl sites for hydroxylation is 2. The molecule has 2 aromatic heterocycles. The number of rotatable bonds is 4. The number of hydrogen-bond donors (Lipinski definition) is 1. The van der Waals surface area contributed by atoms with E-state index in [0.29, 0.717) is 6.54 Å². The maximum atomic E-state index is 12.8. The Hall–Kier alpha value is -2.73. The van der Waals surface area contributed by atoms with Crippen LogP contribution in [-0.2, 0) is 4.79 Å². The van der Waals surface area contributed by atoms with Gasteiger partial charge in [0.2, 0.25) is 5.91 Å². The highest BCUT2D eigenvalue weighted by Gasteiger charge is 2.27. The van der Waals surface area contributed by atoms with E-state index in [1.54, 1.807) is 11.3 Å². The molecule has 0 aliphatic carbocycles. The molecule has 1 aliphatic heterocycles. The molecule has 1 aromatic carbocycles. The van der Waals surface area contributed by atoms with Gasteiger partial charge < -0.3 is 10.2 Å². The fourth-order valence-electron chi connectivity index (χ4n) is 3.55. The van der Waals surface area contributed by atoms with Crippen LogP contribution in [0.15, 0.2) is 47.8 Å². The van der Waals surface area contributed by atoms with Gasteiger partial charge in [0.1, 0.15) is 5.69 Å². The number of benzene rings is 1. The van der Waals surface area contributed by atoms with E-state index < -0.39 is 0 Å². The SMILES string of the molecule is Cc1ccc(C)c(NC(=O)C2CCCN(c3ccc(-c4cccs4)nn3)C2)c1. The first-order valence-corrected chi connectivity index (χ1v) is 10.5. The molecule has 4 rings (SSSR count). The molecule has 5 nitrogen and oxygen atoms in total. The molecule has 1 unspecified atom stereocenters. The maximum Gasteiger partial charge on any atom is 0.229 e. The van der Waals surface area contributed by atoms with E-state index in [0.717, 1.165) is 52.6 Å². The molecular weight excluding hydrogens is 368 g/mol. The average molecular weight is 393 g/mol. The Labute approximate surface area is 169 Å². The van der Waals surface area contributed by atoms with Crippen LogP contribution < -0.4 is 10.2 Å². The number of carbonyl (C=O) groups excluding carboxylic acids is 1. The van der Waals surface area contributed by atoms with Gasteiger partial charge in [-0.2, -0.15) is 0 Å². The molecule has 1 atom stereocenters. The van der Waals surface area contributed by atoms with Gasteiger partial charge in [-0.3, -0.25) is 4.79 Å². The quantitative estimate of drug-likeness (QED) is 0.701. The van der Waals surface area contributed by atoms with Crippen molar-refractivity contribution < 1.29 is 4.79 Å². The summed E-state index contributed by atoms with van der Waals surface area (Å²) in [7, 11) is 0. The van der Waals surface area contributed by atoms with Crippen LogP contribution in [0.1, 0.15) is 24.0 Å². The molecule has 1 aliphatic rings. The lowest BCUT2D eigenvalue weighted by Gasteiger charge is -2.32. The van der Waals surface area contributed by atoms with E-state index in [1.807, 2.05) is 55.6 Å². The zero-order chi connectivity index (χ0) is 19.5. The summed E-state index contributed by atoms with van der Waals surface area (Å²) < 4.78 is 0. The van der Waals surface area contributed by atoms with Gasteiger partial charge in [0, 0.05) is 18.8 Å². The zero-order valence-electron chi connectivity index (χ0n) is 16.2. The van der Waals surface area contributed by atoms with E-state index in [2.05, 4.69) is 26.5 Å². The van der Waals surface area contributed by atoms with Gasteiger partial charge in [0.05, 0.1) is 10.8 Å². The number of anilines is 2. The van der Waals surface area contributed by atoms with Crippen molar-refractivity contribution in [3.63, 3.8) is 0 Å². The first-order valence-electron chi connectivity index (χ1n) is 9.61. The Morgan fingerprint density at radius 1 is 1.18 bits per heavy atom. The molecule has 3 aromatic rings. The first-order chi connectivity index (χ1) is 13.6. The van der Waals surface area contributed by atoms with Crippen molar-refractivity contribution >= 4 is 28.7 Å². The van der Waals surface area contributed by atoms with Crippen molar-refractivity contribution in [3.8, 4) is 10.6 Å². The Kier molecular flexibility index (Phi) is 5.39. The number of nitrogens with one attached hydrogen (secondary N) is 1. The molecule has 0 radical (unpaired) electrons. The predicted octanol–water partition coefficient (Wildman–Crippen LogP) is 4.68. The molecule has 0 saturated carbocycles. The number of carbonyl (C=O) groups is 1. The Morgan fingerprint density at radius 2 is 2.07 bits per heavy atom. The second-order valence-electron chi connectivity index (χ2n) is 7.35. The summed E-state index contributed by atoms with van der Waals surface area (Å²) in [6, 6.07) is 14.2. The first kappa shape index (κ1) is 18.6. The standard InChI is InChI=1S/C22H24N4OS/c1-15-7-8-16(2)19(13-15)23-22(27)17-5-3-11-26(14-17)21-10-9-18(24-25-21)20-6-4-12-28-20/h4,6-10,12-13,17H,3,5,11,14H2,1-2H3,(H,23,27). The summed E-state index contributed by atoms with van der Waals surface area (Å²) in [5, 5.41) is 13.9. The second kappa shape index (κ2) is 8.10. The fraction of sp³-hybridized carbons (Fsp3) is 0.318. The minimum absolute atomic E-state index is 0.0487. The van der Waals surface area contributed by atoms with Crippen LogP contribution in [0, 0.1) is 19.8 Å². The van der Waals surface area contributed by atoms with Gasteiger partial charge in [0.15, 0.2) is 5.82 Å². The van der Waals surface area contributed by atoms with E-state index in [9.17, 15) is 4.79 Å². The van der Waals surface area contributed by atoms with Crippen LogP contribution in [0.3, 0.4) is 0 Å². The third-order valence-electron chi connectivity index (χ3n) is 5.19. The van der Waals surface area contributed by atoms with Gasteiger partial charge >= 0.3 is 0 Å². The van der Waals surface area contributed by atoms with Gasteiger partial charge in [-0.1, -0.05) is 18.2 Å². The van der Waals surface area contributed by atoms with E-state index in [-0.39, 0.29) is 11.8 Å². The second-order valence-corrected chi connectivity index (χ2v) is 8.29. The molecule has 3 heterocycles. The van der Waals surface area contributed by atoms with Crippen molar-refractivity contribution in [2.45, 2.75) is 26.7 Å². The summed E-state index contributed by atoms with van der Waals surface area (Å²) in [6.45, 7) is 5.63. The van der Waals surface area contributed by atoms with Crippen LogP contribution in [0.4, 0.5) is 11.5 Å². The number of thiophene rings is 1. The summed E-state index contributed by atoms with van der Waals surface area (Å²) in [4.78, 5) is 16.1. The van der Waals surface area contributed by atoms with Crippen molar-refractivity contribution in [2.75, 3.05) is 23.3 Å². The van der Waals surface area contributed by atoms with Crippen LogP contribution >= 0.6 is 11.3 Å². The van der Waals surface area contributed by atoms with Crippen LogP contribution in [0.5, 0.6) is 0 Å². The van der Waals surface area contributed by atoms with Gasteiger partial charge in [-0.05, 0) is 67.5 Å². The molecule has 1 fully saturated rings. The Bertz CT molecular complexity index is 953. The molecule has 144 valence electrons. The van der Waals surface area contributed by atoms with Gasteiger partial charge in [-0.15, -0.1) is 21.5 Å². The van der Waals surface area contributed by atoms with Gasteiger partial charge in [-0.25, -0.2) is 0 Å². The minimum atomic E-state index is -0.0487. The molecule has 0 spiro atoms. The van der Waals surface area contributed by atoms with E-state index in [1.165, 1.54) is 0 Å². The lowest BCUT2D eigenvalue weighted by Crippen LogP contribution is -2.41. The Morgan fingerprint density at radius 3 is 2.82 bits per heavy atom. The average Bonchev–Trinajstić information content (AvgIpc) is 3.26. The molecule has 28 heavy (non-hydrogen) atoms. The molecule has 0 bridgehead atoms. The highest BCUT2D eigenvalue weighted by atomic mass is 32.1. The monoisotopic (exact) mass is 392 g/mol. The topological polar surface area (TPSA) is 58.1 Å². The largest absolute Gasteiger partial charge is 0.354 e. The van der Waals surface area contributed by atoms with Crippen LogP contribution in [-0.4, -0.2) is 29.2 Å². The Balaban J connectivity index is 1.44. The van der Waals surface area contributed by atoms with Crippen LogP contribution in [0.25, 0.3) is 10.6 Å². The maximum absolute atomic E-state index is 12.8. The van der Waals surface area contributed by atoms with Crippen molar-refractivity contribution in [1.82, 2.24) is 10.2 Å². The van der Waals surface area contributed by atoms with E-state index in [4.69, 9.17) is 0 Å². The third kappa shape index (κ3) is 4.07. The molecule has 6 heteroatoms. The number of amides is 1. The van der Waals surface area contributed by atoms with Crippen molar-refractivity contribution in [1.29, 1.82) is 0 Å². The zero-order valence-corrected chi connectivity index (χ0v) is 17.0. The third-order valence-corrected chi connectivity index (χ3v) is 6.08. The minimum Gasteiger partial charge on any atom is -0.354 e. The van der Waals surface area contributed by atoms with Crippen LogP contribution in [0.2, 0.25) is 0 Å². The number of piperidine rings is 1. The van der Waals surface area contributed by atoms with Gasteiger partial charge in [0.25, 0.3) is 0 Å². The summed E-state index contributed by atoms with van der Waals surface area (Å²) in [5.74, 6) is 0.874. The number of hydrogen-bond acceptors (Lipinski definition) is 5. The highest BCUT2D eigenvalue weighted by Crippen LogP contribution is 2.26. The van der Waals surface area contributed by atoms with Crippen molar-refractivity contribution in [2.24, 2.45) is 5.92 Å². The smallest absolute Gasteiger partial charge is 0.229 e. The molecule has 1 N–H and O–H groups in total. The number of nitrogens with zero attached hydrogens (tertiary/aromatic N) is 3. The fourth-order valence-corrected chi connectivity index (χ4v) is 4.24. The number of aromatic nitrogens is 2.